The smallest absolute Gasteiger partial charge is 0.253 e. The molecule has 26 heavy (non-hydrogen) atoms. The van der Waals surface area contributed by atoms with E-state index in [9.17, 15) is 0 Å². The molecule has 124 valence electrons. The van der Waals surface area contributed by atoms with Crippen molar-refractivity contribution in [2.45, 2.75) is 6.54 Å². The van der Waals surface area contributed by atoms with Gasteiger partial charge in [-0.15, -0.1) is 0 Å². The molecule has 0 atom stereocenters. The van der Waals surface area contributed by atoms with Crippen LogP contribution in [0.3, 0.4) is 0 Å². The molecule has 5 heterocycles. The number of aryl methyl sites for hydroxylation is 1. The first-order chi connectivity index (χ1) is 14.1. The minimum Gasteiger partial charge on any atom is -0.253 e. The molecule has 0 fully saturated rings. The van der Waals surface area contributed by atoms with Crippen molar-refractivity contribution in [2.75, 3.05) is 0 Å². The number of nitrogens with zero attached hydrogens (tertiary/aromatic N) is 5. The van der Waals surface area contributed by atoms with E-state index in [4.69, 9.17) is 4.11 Å². The van der Waals surface area contributed by atoms with Crippen LogP contribution in [0.25, 0.3) is 39.4 Å². The van der Waals surface area contributed by atoms with Crippen LogP contribution in [-0.4, -0.2) is 19.1 Å². The number of aromatic nitrogens is 5. The molecule has 0 radical (unpaired) electrons. The van der Waals surface area contributed by atoms with E-state index in [1.165, 1.54) is 4.57 Å². The van der Waals surface area contributed by atoms with E-state index in [0.717, 1.165) is 22.4 Å². The van der Waals surface area contributed by atoms with Gasteiger partial charge in [-0.25, -0.2) is 19.1 Å². The highest BCUT2D eigenvalue weighted by atomic mass is 15.3. The van der Waals surface area contributed by atoms with Gasteiger partial charge >= 0.3 is 0 Å². The highest BCUT2D eigenvalue weighted by Gasteiger charge is 2.36. The summed E-state index contributed by atoms with van der Waals surface area (Å²) in [5.41, 5.74) is 5.65. The second-order valence-corrected chi connectivity index (χ2v) is 6.47. The third kappa shape index (κ3) is 1.57. The van der Waals surface area contributed by atoms with E-state index < -0.39 is 6.98 Å². The van der Waals surface area contributed by atoms with Crippen molar-refractivity contribution < 1.29 is 8.68 Å². The molecule has 0 N–H and O–H groups in total. The van der Waals surface area contributed by atoms with Gasteiger partial charge in [0.15, 0.2) is 0 Å². The maximum atomic E-state index is 8.29. The Morgan fingerprint density at radius 1 is 1.00 bits per heavy atom. The van der Waals surface area contributed by atoms with Crippen molar-refractivity contribution in [3.8, 4) is 17.2 Å². The predicted octanol–water partition coefficient (Wildman–Crippen LogP) is 3.23. The fourth-order valence-corrected chi connectivity index (χ4v) is 4.03. The maximum absolute atomic E-state index is 8.29. The van der Waals surface area contributed by atoms with E-state index in [0.29, 0.717) is 29.1 Å². The van der Waals surface area contributed by atoms with Crippen LogP contribution in [-0.2, 0) is 13.5 Å². The number of para-hydroxylation sites is 1. The Bertz CT molecular complexity index is 1410. The molecule has 0 amide bonds. The number of hydrogen-bond acceptors (Lipinski definition) is 2. The Kier molecular flexibility index (Phi) is 2.06. The fraction of sp³-hybridized carbons (Fsp3) is 0.0952. The van der Waals surface area contributed by atoms with Crippen LogP contribution in [0.15, 0.2) is 67.0 Å². The molecular formula is C21H16N5+. The molecule has 1 aromatic carbocycles. The van der Waals surface area contributed by atoms with Gasteiger partial charge in [0.2, 0.25) is 5.52 Å². The number of rotatable bonds is 1. The van der Waals surface area contributed by atoms with Gasteiger partial charge in [-0.3, -0.25) is 4.57 Å². The highest BCUT2D eigenvalue weighted by Crippen LogP contribution is 2.35. The maximum Gasteiger partial charge on any atom is 0.276 e. The second kappa shape index (κ2) is 4.79. The SMILES string of the molecule is [2H]C([2H])([2H])n1c2[n+](c3c1c1ncccc1n3-c1ccccc1)Cc1cccnc1-2. The van der Waals surface area contributed by atoms with Gasteiger partial charge in [-0.1, -0.05) is 24.3 Å². The number of fused-ring (bicyclic) bond motifs is 7. The summed E-state index contributed by atoms with van der Waals surface area (Å²) in [6.45, 7) is -1.80. The summed E-state index contributed by atoms with van der Waals surface area (Å²) in [6.07, 6.45) is 3.41. The molecule has 4 aromatic heterocycles. The lowest BCUT2D eigenvalue weighted by molar-refractivity contribution is -0.648. The Hall–Kier alpha value is -3.47. The van der Waals surface area contributed by atoms with Gasteiger partial charge in [0.05, 0.1) is 17.6 Å². The minimum atomic E-state index is -2.37. The fourth-order valence-electron chi connectivity index (χ4n) is 4.03. The summed E-state index contributed by atoms with van der Waals surface area (Å²) in [7, 11) is 0. The second-order valence-electron chi connectivity index (χ2n) is 6.47. The average molecular weight is 341 g/mol. The van der Waals surface area contributed by atoms with E-state index in [1.54, 1.807) is 12.4 Å². The van der Waals surface area contributed by atoms with Crippen molar-refractivity contribution in [2.24, 2.45) is 6.98 Å². The summed E-state index contributed by atoms with van der Waals surface area (Å²) >= 11 is 0. The molecule has 5 heteroatoms. The molecule has 1 aliphatic heterocycles. The standard InChI is InChI=1S/C21H16N5/c1-24-19-18-16(10-6-12-23-18)26(15-8-3-2-4-9-15)21(19)25-13-14-7-5-11-22-17(14)20(24)25/h2-12H,13H2,1H3/q+1/i1D3. The first-order valence-electron chi connectivity index (χ1n) is 9.99. The van der Waals surface area contributed by atoms with Crippen LogP contribution in [0, 0.1) is 0 Å². The van der Waals surface area contributed by atoms with Gasteiger partial charge in [0.1, 0.15) is 22.4 Å². The molecule has 5 aromatic rings. The van der Waals surface area contributed by atoms with Crippen LogP contribution in [0.4, 0.5) is 0 Å². The van der Waals surface area contributed by atoms with Gasteiger partial charge in [-0.2, -0.15) is 0 Å². The first-order valence-corrected chi connectivity index (χ1v) is 8.49. The van der Waals surface area contributed by atoms with E-state index >= 15 is 0 Å². The average Bonchev–Trinajstić information content (AvgIpc) is 3.34. The number of hydrogen-bond donors (Lipinski definition) is 0. The van der Waals surface area contributed by atoms with Crippen molar-refractivity contribution in [1.29, 1.82) is 0 Å². The van der Waals surface area contributed by atoms with Crippen LogP contribution < -0.4 is 4.57 Å². The normalized spacial score (nSPS) is 14.8. The van der Waals surface area contributed by atoms with Crippen molar-refractivity contribution in [3.05, 3.63) is 72.6 Å². The van der Waals surface area contributed by atoms with E-state index in [2.05, 4.69) is 14.5 Å². The predicted molar refractivity (Wildman–Crippen MR) is 100 cm³/mol. The monoisotopic (exact) mass is 341 g/mol. The van der Waals surface area contributed by atoms with Crippen molar-refractivity contribution in [3.63, 3.8) is 0 Å². The number of benzene rings is 1. The summed E-state index contributed by atoms with van der Waals surface area (Å²) < 4.78 is 30.4. The largest absolute Gasteiger partial charge is 0.276 e. The third-order valence-electron chi connectivity index (χ3n) is 5.07. The highest BCUT2D eigenvalue weighted by molar-refractivity contribution is 6.03. The van der Waals surface area contributed by atoms with Crippen LogP contribution >= 0.6 is 0 Å². The lowest BCUT2D eigenvalue weighted by atomic mass is 10.2. The van der Waals surface area contributed by atoms with Gasteiger partial charge in [-0.05, 0) is 30.3 Å². The summed E-state index contributed by atoms with van der Waals surface area (Å²) in [6, 6.07) is 17.7. The molecule has 0 saturated carbocycles. The molecule has 0 bridgehead atoms. The summed E-state index contributed by atoms with van der Waals surface area (Å²) in [5, 5.41) is 0. The van der Waals surface area contributed by atoms with E-state index in [-0.39, 0.29) is 0 Å². The zero-order valence-electron chi connectivity index (χ0n) is 16.8. The molecule has 0 aliphatic carbocycles. The Balaban J connectivity index is 1.87. The van der Waals surface area contributed by atoms with Crippen molar-refractivity contribution >= 4 is 22.2 Å². The number of imidazole rings is 1. The topological polar surface area (TPSA) is 39.5 Å². The summed E-state index contributed by atoms with van der Waals surface area (Å²) in [5.74, 6) is 0.600. The molecule has 1 aliphatic rings. The summed E-state index contributed by atoms with van der Waals surface area (Å²) in [4.78, 5) is 9.08. The molecule has 0 unspecified atom stereocenters. The first kappa shape index (κ1) is 11.2. The molecule has 0 spiro atoms. The molecular weight excluding hydrogens is 322 g/mol. The zero-order valence-corrected chi connectivity index (χ0v) is 13.8. The van der Waals surface area contributed by atoms with Crippen molar-refractivity contribution in [1.82, 2.24) is 19.1 Å². The Labute approximate surface area is 154 Å². The molecule has 6 rings (SSSR count). The van der Waals surface area contributed by atoms with Gasteiger partial charge < -0.3 is 0 Å². The van der Waals surface area contributed by atoms with Crippen LogP contribution in [0.1, 0.15) is 9.68 Å². The van der Waals surface area contributed by atoms with E-state index in [1.807, 2.05) is 59.2 Å². The molecule has 5 nitrogen and oxygen atoms in total. The van der Waals surface area contributed by atoms with Gasteiger partial charge in [0, 0.05) is 18.0 Å². The quantitative estimate of drug-likeness (QED) is 0.431. The Morgan fingerprint density at radius 2 is 1.85 bits per heavy atom. The van der Waals surface area contributed by atoms with Gasteiger partial charge in [0.25, 0.3) is 11.5 Å². The third-order valence-corrected chi connectivity index (χ3v) is 5.07. The van der Waals surface area contributed by atoms with Crippen LogP contribution in [0.2, 0.25) is 0 Å². The lowest BCUT2D eigenvalue weighted by Crippen LogP contribution is -2.33. The Morgan fingerprint density at radius 3 is 2.73 bits per heavy atom. The zero-order chi connectivity index (χ0) is 19.8. The lowest BCUT2D eigenvalue weighted by Gasteiger charge is -2.02. The minimum absolute atomic E-state index is 0.571. The molecule has 0 saturated heterocycles. The number of pyridine rings is 2. The van der Waals surface area contributed by atoms with Crippen LogP contribution in [0.5, 0.6) is 0 Å².